The summed E-state index contributed by atoms with van der Waals surface area (Å²) < 4.78 is 12.9. The Morgan fingerprint density at radius 2 is 2.11 bits per heavy atom. The fourth-order valence-electron chi connectivity index (χ4n) is 1.54. The molecule has 3 N–H and O–H groups in total. The summed E-state index contributed by atoms with van der Waals surface area (Å²) in [5.41, 5.74) is 5.73. The van der Waals surface area contributed by atoms with Crippen molar-refractivity contribution in [3.05, 3.63) is 34.6 Å². The van der Waals surface area contributed by atoms with Crippen LogP contribution in [0.15, 0.2) is 18.2 Å². The van der Waals surface area contributed by atoms with E-state index in [9.17, 15) is 9.18 Å². The van der Waals surface area contributed by atoms with E-state index in [0.29, 0.717) is 6.54 Å². The van der Waals surface area contributed by atoms with Crippen LogP contribution >= 0.6 is 11.6 Å². The molecule has 1 aromatic carbocycles. The van der Waals surface area contributed by atoms with Crippen LogP contribution in [0.4, 0.5) is 4.39 Å². The molecular weight excluding hydrogens is 255 g/mol. The lowest BCUT2D eigenvalue weighted by molar-refractivity contribution is 0.0905. The number of hydrogen-bond acceptors (Lipinski definition) is 2. The Labute approximate surface area is 112 Å². The lowest BCUT2D eigenvalue weighted by Crippen LogP contribution is -2.48. The third-order valence-corrected chi connectivity index (χ3v) is 3.07. The second-order valence-electron chi connectivity index (χ2n) is 5.25. The predicted octanol–water partition coefficient (Wildman–Crippen LogP) is 2.58. The van der Waals surface area contributed by atoms with Crippen LogP contribution in [0.2, 0.25) is 5.02 Å². The maximum absolute atomic E-state index is 12.9. The highest BCUT2D eigenvalue weighted by molar-refractivity contribution is 6.33. The molecule has 1 amide bonds. The summed E-state index contributed by atoms with van der Waals surface area (Å²) >= 11 is 5.83. The normalized spacial score (nSPS) is 13.2. The Hall–Kier alpha value is -1.13. The van der Waals surface area contributed by atoms with Crippen LogP contribution in [0.25, 0.3) is 0 Å². The summed E-state index contributed by atoms with van der Waals surface area (Å²) in [5.74, 6) is -0.812. The van der Waals surface area contributed by atoms with Gasteiger partial charge in [-0.2, -0.15) is 0 Å². The molecule has 0 aliphatic rings. The Balaban J connectivity index is 2.88. The topological polar surface area (TPSA) is 55.1 Å². The van der Waals surface area contributed by atoms with Gasteiger partial charge in [0.05, 0.1) is 10.6 Å². The van der Waals surface area contributed by atoms with E-state index < -0.39 is 5.82 Å². The highest BCUT2D eigenvalue weighted by atomic mass is 35.5. The van der Waals surface area contributed by atoms with Crippen LogP contribution in [0.1, 0.15) is 31.1 Å². The number of carbonyl (C=O) groups is 1. The van der Waals surface area contributed by atoms with E-state index in [0.717, 1.165) is 6.07 Å². The van der Waals surface area contributed by atoms with Gasteiger partial charge in [-0.1, -0.05) is 32.4 Å². The van der Waals surface area contributed by atoms with Gasteiger partial charge in [0.15, 0.2) is 0 Å². The highest BCUT2D eigenvalue weighted by Crippen LogP contribution is 2.21. The molecule has 1 atom stereocenters. The van der Waals surface area contributed by atoms with E-state index >= 15 is 0 Å². The summed E-state index contributed by atoms with van der Waals surface area (Å²) in [6.07, 6.45) is 0. The van der Waals surface area contributed by atoms with Crippen molar-refractivity contribution in [2.24, 2.45) is 11.1 Å². The van der Waals surface area contributed by atoms with Gasteiger partial charge < -0.3 is 11.1 Å². The minimum Gasteiger partial charge on any atom is -0.347 e. The fraction of sp³-hybridized carbons (Fsp3) is 0.462. The van der Waals surface area contributed by atoms with Gasteiger partial charge >= 0.3 is 0 Å². The lowest BCUT2D eigenvalue weighted by Gasteiger charge is -2.30. The van der Waals surface area contributed by atoms with Crippen molar-refractivity contribution < 1.29 is 9.18 Å². The van der Waals surface area contributed by atoms with Crippen LogP contribution < -0.4 is 11.1 Å². The number of benzene rings is 1. The Bertz CT molecular complexity index is 443. The van der Waals surface area contributed by atoms with Gasteiger partial charge in [-0.15, -0.1) is 0 Å². The molecule has 1 rings (SSSR count). The number of rotatable bonds is 3. The van der Waals surface area contributed by atoms with Crippen molar-refractivity contribution in [2.45, 2.75) is 26.8 Å². The molecule has 3 nitrogen and oxygen atoms in total. The van der Waals surface area contributed by atoms with Gasteiger partial charge in [-0.05, 0) is 23.6 Å². The Morgan fingerprint density at radius 1 is 1.50 bits per heavy atom. The molecule has 100 valence electrons. The van der Waals surface area contributed by atoms with Crippen LogP contribution in [0, 0.1) is 11.2 Å². The van der Waals surface area contributed by atoms with Crippen molar-refractivity contribution in [1.29, 1.82) is 0 Å². The summed E-state index contributed by atoms with van der Waals surface area (Å²) in [7, 11) is 0. The van der Waals surface area contributed by atoms with Crippen molar-refractivity contribution in [3.8, 4) is 0 Å². The van der Waals surface area contributed by atoms with Crippen LogP contribution in [0.3, 0.4) is 0 Å². The minimum absolute atomic E-state index is 0.0946. The molecule has 0 saturated heterocycles. The van der Waals surface area contributed by atoms with Crippen molar-refractivity contribution in [1.82, 2.24) is 5.32 Å². The minimum atomic E-state index is -0.470. The van der Waals surface area contributed by atoms with Gasteiger partial charge in [0, 0.05) is 12.6 Å². The first-order valence-electron chi connectivity index (χ1n) is 5.71. The van der Waals surface area contributed by atoms with E-state index in [-0.39, 0.29) is 28.0 Å². The maximum atomic E-state index is 12.9. The van der Waals surface area contributed by atoms with Crippen LogP contribution in [0.5, 0.6) is 0 Å². The quantitative estimate of drug-likeness (QED) is 0.889. The van der Waals surface area contributed by atoms with E-state index in [2.05, 4.69) is 5.32 Å². The van der Waals surface area contributed by atoms with Crippen molar-refractivity contribution >= 4 is 17.5 Å². The molecule has 0 spiro atoms. The summed E-state index contributed by atoms with van der Waals surface area (Å²) in [6.45, 7) is 6.28. The third kappa shape index (κ3) is 3.68. The average Bonchev–Trinajstić information content (AvgIpc) is 2.23. The lowest BCUT2D eigenvalue weighted by atomic mass is 9.86. The van der Waals surface area contributed by atoms with Gasteiger partial charge in [0.2, 0.25) is 0 Å². The molecule has 18 heavy (non-hydrogen) atoms. The number of nitrogens with one attached hydrogen (secondary N) is 1. The smallest absolute Gasteiger partial charge is 0.253 e. The van der Waals surface area contributed by atoms with E-state index in [1.165, 1.54) is 12.1 Å². The molecule has 0 radical (unpaired) electrons. The third-order valence-electron chi connectivity index (χ3n) is 2.76. The first-order chi connectivity index (χ1) is 8.25. The number of amides is 1. The molecule has 0 aliphatic heterocycles. The first-order valence-corrected chi connectivity index (χ1v) is 6.09. The molecular formula is C13H18ClFN2O. The SMILES string of the molecule is CC(C)(C)C(CN)NC(=O)c1ccc(F)cc1Cl. The molecule has 1 aromatic rings. The number of hydrogen-bond donors (Lipinski definition) is 2. The molecule has 0 aromatic heterocycles. The maximum Gasteiger partial charge on any atom is 0.253 e. The second kappa shape index (κ2) is 5.67. The fourth-order valence-corrected chi connectivity index (χ4v) is 1.79. The van der Waals surface area contributed by atoms with Crippen molar-refractivity contribution in [2.75, 3.05) is 6.54 Å². The molecule has 0 fully saturated rings. The molecule has 0 bridgehead atoms. The summed E-state index contributed by atoms with van der Waals surface area (Å²) in [6, 6.07) is 3.51. The standard InChI is InChI=1S/C13H18ClFN2O/c1-13(2,3)11(7-16)17-12(18)9-5-4-8(15)6-10(9)14/h4-6,11H,7,16H2,1-3H3,(H,17,18). The second-order valence-corrected chi connectivity index (χ2v) is 5.66. The van der Waals surface area contributed by atoms with Gasteiger partial charge in [0.25, 0.3) is 5.91 Å². The number of halogens is 2. The number of carbonyl (C=O) groups excluding carboxylic acids is 1. The van der Waals surface area contributed by atoms with E-state index in [1.807, 2.05) is 20.8 Å². The predicted molar refractivity (Wildman–Crippen MR) is 71.2 cm³/mol. The molecule has 0 saturated carbocycles. The van der Waals surface area contributed by atoms with Crippen LogP contribution in [-0.2, 0) is 0 Å². The summed E-state index contributed by atoms with van der Waals surface area (Å²) in [5, 5.41) is 2.91. The van der Waals surface area contributed by atoms with E-state index in [4.69, 9.17) is 17.3 Å². The first kappa shape index (κ1) is 14.9. The molecule has 1 unspecified atom stereocenters. The number of nitrogens with two attached hydrogens (primary N) is 1. The average molecular weight is 273 g/mol. The Morgan fingerprint density at radius 3 is 2.56 bits per heavy atom. The van der Waals surface area contributed by atoms with Gasteiger partial charge in [-0.25, -0.2) is 4.39 Å². The van der Waals surface area contributed by atoms with E-state index in [1.54, 1.807) is 0 Å². The molecule has 0 aliphatic carbocycles. The zero-order valence-corrected chi connectivity index (χ0v) is 11.5. The van der Waals surface area contributed by atoms with Crippen molar-refractivity contribution in [3.63, 3.8) is 0 Å². The largest absolute Gasteiger partial charge is 0.347 e. The van der Waals surface area contributed by atoms with Crippen LogP contribution in [-0.4, -0.2) is 18.5 Å². The van der Waals surface area contributed by atoms with Gasteiger partial charge in [0.1, 0.15) is 5.82 Å². The zero-order valence-electron chi connectivity index (χ0n) is 10.8. The van der Waals surface area contributed by atoms with Gasteiger partial charge in [-0.3, -0.25) is 4.79 Å². The molecule has 5 heteroatoms. The molecule has 0 heterocycles. The highest BCUT2D eigenvalue weighted by Gasteiger charge is 2.25. The zero-order chi connectivity index (χ0) is 13.9. The monoisotopic (exact) mass is 272 g/mol. The summed E-state index contributed by atoms with van der Waals surface area (Å²) in [4.78, 5) is 12.0. The Kier molecular flexibility index (Phi) is 4.71.